The summed E-state index contributed by atoms with van der Waals surface area (Å²) in [6, 6.07) is 0. The van der Waals surface area contributed by atoms with Gasteiger partial charge in [0.1, 0.15) is 0 Å². The van der Waals surface area contributed by atoms with E-state index in [9.17, 15) is 8.76 Å². The van der Waals surface area contributed by atoms with Crippen LogP contribution in [-0.2, 0) is 16.1 Å². The fourth-order valence-electron chi connectivity index (χ4n) is 0.306. The van der Waals surface area contributed by atoms with Crippen LogP contribution in [0.1, 0.15) is 19.8 Å². The van der Waals surface area contributed by atoms with Crippen molar-refractivity contribution in [2.24, 2.45) is 0 Å². The van der Waals surface area contributed by atoms with Crippen LogP contribution < -0.4 is 4.89 Å². The minimum atomic E-state index is -2.29. The number of nitrogens with one attached hydrogen (secondary N) is 1. The topological polar surface area (TPSA) is 61.4 Å². The van der Waals surface area contributed by atoms with Gasteiger partial charge in [0.25, 0.3) is 0 Å². The molecule has 0 saturated heterocycles. The van der Waals surface area contributed by atoms with Crippen LogP contribution in [0.4, 0.5) is 0 Å². The van der Waals surface area contributed by atoms with E-state index in [1.54, 1.807) is 4.89 Å². The van der Waals surface area contributed by atoms with E-state index in [-0.39, 0.29) is 0 Å². The molecular formula is C4H10NO3S-. The van der Waals surface area contributed by atoms with Crippen molar-refractivity contribution in [2.45, 2.75) is 19.8 Å². The Morgan fingerprint density at radius 3 is 2.89 bits per heavy atom. The SMILES string of the molecule is CCCCONS(=O)[O-]. The second-order valence-corrected chi connectivity index (χ2v) is 2.16. The third-order valence-corrected chi connectivity index (χ3v) is 0.981. The Bertz CT molecular complexity index is 87.9. The first kappa shape index (κ1) is 9.03. The molecule has 9 heavy (non-hydrogen) atoms. The Morgan fingerprint density at radius 2 is 2.44 bits per heavy atom. The molecule has 0 amide bonds. The lowest BCUT2D eigenvalue weighted by molar-refractivity contribution is 0.0891. The summed E-state index contributed by atoms with van der Waals surface area (Å²) in [6.45, 7) is 2.43. The van der Waals surface area contributed by atoms with Gasteiger partial charge < -0.3 is 4.55 Å². The lowest BCUT2D eigenvalue weighted by Crippen LogP contribution is -2.17. The van der Waals surface area contributed by atoms with Crippen LogP contribution in [0, 0.1) is 0 Å². The van der Waals surface area contributed by atoms with Gasteiger partial charge >= 0.3 is 0 Å². The summed E-state index contributed by atoms with van der Waals surface area (Å²) >= 11 is -2.29. The van der Waals surface area contributed by atoms with E-state index in [2.05, 4.69) is 4.84 Å². The normalized spacial score (nSPS) is 13.6. The molecule has 0 saturated carbocycles. The van der Waals surface area contributed by atoms with Crippen LogP contribution in [0.2, 0.25) is 0 Å². The fourth-order valence-corrected chi connectivity index (χ4v) is 0.486. The third kappa shape index (κ3) is 8.03. The largest absolute Gasteiger partial charge is 0.758 e. The lowest BCUT2D eigenvalue weighted by atomic mass is 10.4. The number of rotatable bonds is 5. The monoisotopic (exact) mass is 152 g/mol. The van der Waals surface area contributed by atoms with Crippen LogP contribution in [-0.4, -0.2) is 15.4 Å². The van der Waals surface area contributed by atoms with E-state index in [0.717, 1.165) is 12.8 Å². The fraction of sp³-hybridized carbons (Fsp3) is 1.00. The van der Waals surface area contributed by atoms with Gasteiger partial charge in [0.15, 0.2) is 0 Å². The second-order valence-electron chi connectivity index (χ2n) is 1.52. The molecule has 56 valence electrons. The predicted octanol–water partition coefficient (Wildman–Crippen LogP) is 0.102. The molecule has 0 aromatic carbocycles. The summed E-state index contributed by atoms with van der Waals surface area (Å²) in [7, 11) is 0. The lowest BCUT2D eigenvalue weighted by Gasteiger charge is -2.05. The Labute approximate surface area is 57.0 Å². The van der Waals surface area contributed by atoms with Gasteiger partial charge in [0.2, 0.25) is 0 Å². The van der Waals surface area contributed by atoms with Crippen LogP contribution in [0.5, 0.6) is 0 Å². The molecule has 0 aliphatic heterocycles. The zero-order valence-corrected chi connectivity index (χ0v) is 6.07. The molecular weight excluding hydrogens is 142 g/mol. The van der Waals surface area contributed by atoms with Gasteiger partial charge in [-0.05, 0) is 6.42 Å². The highest BCUT2D eigenvalue weighted by Gasteiger charge is 1.82. The molecule has 1 N–H and O–H groups in total. The standard InChI is InChI=1S/C4H11NO3S/c1-2-3-4-8-5-9(6)7/h5H,2-4H2,1H3,(H,6,7)/p-1. The minimum Gasteiger partial charge on any atom is -0.758 e. The smallest absolute Gasteiger partial charge is 0.0693 e. The van der Waals surface area contributed by atoms with E-state index < -0.39 is 11.3 Å². The van der Waals surface area contributed by atoms with E-state index >= 15 is 0 Å². The molecule has 1 atom stereocenters. The van der Waals surface area contributed by atoms with Crippen LogP contribution >= 0.6 is 0 Å². The van der Waals surface area contributed by atoms with Gasteiger partial charge in [-0.15, -0.1) is 4.89 Å². The highest BCUT2D eigenvalue weighted by molar-refractivity contribution is 7.76. The molecule has 0 aromatic heterocycles. The Kier molecular flexibility index (Phi) is 6.18. The minimum absolute atomic E-state index is 0.435. The molecule has 0 bridgehead atoms. The van der Waals surface area contributed by atoms with Gasteiger partial charge in [-0.2, -0.15) is 0 Å². The number of unbranched alkanes of at least 4 members (excludes halogenated alkanes) is 1. The van der Waals surface area contributed by atoms with Gasteiger partial charge in [-0.25, -0.2) is 0 Å². The van der Waals surface area contributed by atoms with E-state index in [0.29, 0.717) is 6.61 Å². The molecule has 0 spiro atoms. The Balaban J connectivity index is 2.83. The highest BCUT2D eigenvalue weighted by atomic mass is 32.2. The van der Waals surface area contributed by atoms with E-state index in [1.165, 1.54) is 0 Å². The first-order valence-corrected chi connectivity index (χ1v) is 3.81. The van der Waals surface area contributed by atoms with Gasteiger partial charge in [0.05, 0.1) is 6.61 Å². The van der Waals surface area contributed by atoms with Crippen LogP contribution in [0.15, 0.2) is 0 Å². The second kappa shape index (κ2) is 6.15. The van der Waals surface area contributed by atoms with Gasteiger partial charge in [-0.1, -0.05) is 13.3 Å². The summed E-state index contributed by atoms with van der Waals surface area (Å²) in [6.07, 6.45) is 1.86. The molecule has 5 heteroatoms. The summed E-state index contributed by atoms with van der Waals surface area (Å²) in [4.78, 5) is 6.27. The predicted molar refractivity (Wildman–Crippen MR) is 32.9 cm³/mol. The van der Waals surface area contributed by atoms with Crippen molar-refractivity contribution in [1.29, 1.82) is 0 Å². The third-order valence-electron chi connectivity index (χ3n) is 0.727. The molecule has 0 radical (unpaired) electrons. The summed E-state index contributed by atoms with van der Waals surface area (Å²) < 4.78 is 19.5. The van der Waals surface area contributed by atoms with Crippen molar-refractivity contribution in [3.63, 3.8) is 0 Å². The molecule has 0 fully saturated rings. The van der Waals surface area contributed by atoms with E-state index in [1.807, 2.05) is 6.92 Å². The van der Waals surface area contributed by atoms with Crippen molar-refractivity contribution >= 4 is 11.3 Å². The molecule has 0 rings (SSSR count). The number of hydrogen-bond donors (Lipinski definition) is 1. The first-order chi connectivity index (χ1) is 4.27. The molecule has 4 nitrogen and oxygen atoms in total. The van der Waals surface area contributed by atoms with Crippen molar-refractivity contribution in [3.05, 3.63) is 0 Å². The zero-order valence-electron chi connectivity index (χ0n) is 5.25. The highest BCUT2D eigenvalue weighted by Crippen LogP contribution is 1.84. The maximum Gasteiger partial charge on any atom is 0.0693 e. The van der Waals surface area contributed by atoms with Crippen molar-refractivity contribution in [2.75, 3.05) is 6.61 Å². The van der Waals surface area contributed by atoms with Crippen LogP contribution in [0.3, 0.4) is 0 Å². The summed E-state index contributed by atoms with van der Waals surface area (Å²) in [5, 5.41) is 0. The van der Waals surface area contributed by atoms with E-state index in [4.69, 9.17) is 0 Å². The zero-order chi connectivity index (χ0) is 7.11. The summed E-state index contributed by atoms with van der Waals surface area (Å²) in [5.74, 6) is 0. The first-order valence-electron chi connectivity index (χ1n) is 2.74. The average Bonchev–Trinajstić information content (AvgIpc) is 1.80. The molecule has 0 aliphatic rings. The maximum absolute atomic E-state index is 9.73. The van der Waals surface area contributed by atoms with Crippen LogP contribution in [0.25, 0.3) is 0 Å². The van der Waals surface area contributed by atoms with Crippen molar-refractivity contribution < 1.29 is 13.6 Å². The molecule has 0 heterocycles. The Hall–Kier alpha value is 0.0300. The van der Waals surface area contributed by atoms with Crippen molar-refractivity contribution in [1.82, 2.24) is 4.89 Å². The van der Waals surface area contributed by atoms with Crippen molar-refractivity contribution in [3.8, 4) is 0 Å². The van der Waals surface area contributed by atoms with Gasteiger partial charge in [-0.3, -0.25) is 9.05 Å². The van der Waals surface area contributed by atoms with Gasteiger partial charge in [0, 0.05) is 11.3 Å². The molecule has 0 aromatic rings. The molecule has 1 unspecified atom stereocenters. The molecule has 0 aliphatic carbocycles. The summed E-state index contributed by atoms with van der Waals surface area (Å²) in [5.41, 5.74) is 0. The quantitative estimate of drug-likeness (QED) is 0.345. The average molecular weight is 152 g/mol. The Morgan fingerprint density at radius 1 is 1.78 bits per heavy atom. The maximum atomic E-state index is 9.73. The number of hydrogen-bond acceptors (Lipinski definition) is 3.